The van der Waals surface area contributed by atoms with Crippen molar-refractivity contribution in [1.29, 1.82) is 0 Å². The summed E-state index contributed by atoms with van der Waals surface area (Å²) in [6.07, 6.45) is 1.68. The molecule has 1 unspecified atom stereocenters. The van der Waals surface area contributed by atoms with Crippen LogP contribution in [0.15, 0.2) is 24.3 Å². The maximum Gasteiger partial charge on any atom is 0.334 e. The van der Waals surface area contributed by atoms with Gasteiger partial charge in [0.2, 0.25) is 5.91 Å². The van der Waals surface area contributed by atoms with E-state index < -0.39 is 11.5 Å². The number of rotatable bonds is 4. The summed E-state index contributed by atoms with van der Waals surface area (Å²) in [6, 6.07) is 6.77. The molecule has 0 spiro atoms. The maximum absolute atomic E-state index is 11.9. The van der Waals surface area contributed by atoms with Crippen LogP contribution < -0.4 is 0 Å². The second kappa shape index (κ2) is 4.85. The highest BCUT2D eigenvalue weighted by molar-refractivity contribution is 6.31. The molecule has 0 aliphatic heterocycles. The Morgan fingerprint density at radius 1 is 1.37 bits per heavy atom. The van der Waals surface area contributed by atoms with E-state index in [1.54, 1.807) is 24.3 Å². The van der Waals surface area contributed by atoms with E-state index in [9.17, 15) is 14.7 Å². The van der Waals surface area contributed by atoms with E-state index in [4.69, 9.17) is 11.6 Å². The highest BCUT2D eigenvalue weighted by atomic mass is 35.5. The summed E-state index contributed by atoms with van der Waals surface area (Å²) in [5.74, 6) is -1.31. The average molecular weight is 282 g/mol. The molecule has 1 fully saturated rings. The normalized spacial score (nSPS) is 17.6. The minimum absolute atomic E-state index is 0.00475. The van der Waals surface area contributed by atoms with Gasteiger partial charge in [0.1, 0.15) is 0 Å². The highest BCUT2D eigenvalue weighted by Gasteiger charge is 2.50. The van der Waals surface area contributed by atoms with Crippen molar-refractivity contribution < 1.29 is 14.7 Å². The summed E-state index contributed by atoms with van der Waals surface area (Å²) >= 11 is 6.13. The lowest BCUT2D eigenvalue weighted by Gasteiger charge is -2.38. The Morgan fingerprint density at radius 3 is 2.37 bits per heavy atom. The van der Waals surface area contributed by atoms with Gasteiger partial charge >= 0.3 is 5.97 Å². The fourth-order valence-electron chi connectivity index (χ4n) is 2.47. The molecule has 0 heterocycles. The third-order valence-electron chi connectivity index (χ3n) is 3.55. The average Bonchev–Trinajstić information content (AvgIpc) is 3.13. The number of benzene rings is 1. The van der Waals surface area contributed by atoms with E-state index in [1.165, 1.54) is 18.7 Å². The summed E-state index contributed by atoms with van der Waals surface area (Å²) in [4.78, 5) is 25.1. The number of halogens is 1. The van der Waals surface area contributed by atoms with E-state index in [0.717, 1.165) is 12.8 Å². The van der Waals surface area contributed by atoms with Crippen LogP contribution in [0.25, 0.3) is 0 Å². The number of amides is 1. The largest absolute Gasteiger partial charge is 0.479 e. The van der Waals surface area contributed by atoms with Gasteiger partial charge in [0.15, 0.2) is 5.54 Å². The molecule has 0 aromatic heterocycles. The van der Waals surface area contributed by atoms with Gasteiger partial charge in [0.25, 0.3) is 0 Å². The van der Waals surface area contributed by atoms with Crippen LogP contribution in [0.3, 0.4) is 0 Å². The molecule has 1 atom stereocenters. The number of carboxylic acid groups (broad SMARTS) is 1. The molecule has 1 aliphatic rings. The first-order valence-electron chi connectivity index (χ1n) is 6.17. The molecule has 1 N–H and O–H groups in total. The molecule has 5 heteroatoms. The molecule has 4 nitrogen and oxygen atoms in total. The van der Waals surface area contributed by atoms with Crippen LogP contribution in [0.1, 0.15) is 32.3 Å². The summed E-state index contributed by atoms with van der Waals surface area (Å²) in [5.41, 5.74) is -0.975. The van der Waals surface area contributed by atoms with Crippen molar-refractivity contribution in [3.8, 4) is 0 Å². The predicted octanol–water partition coefficient (Wildman–Crippen LogP) is 2.65. The quantitative estimate of drug-likeness (QED) is 0.923. The van der Waals surface area contributed by atoms with E-state index in [1.807, 2.05) is 0 Å². The monoisotopic (exact) mass is 281 g/mol. The van der Waals surface area contributed by atoms with Crippen molar-refractivity contribution in [3.05, 3.63) is 34.9 Å². The third-order valence-corrected chi connectivity index (χ3v) is 3.88. The van der Waals surface area contributed by atoms with Crippen LogP contribution in [0.2, 0.25) is 5.02 Å². The van der Waals surface area contributed by atoms with E-state index >= 15 is 0 Å². The van der Waals surface area contributed by atoms with E-state index in [0.29, 0.717) is 10.6 Å². The minimum Gasteiger partial charge on any atom is -0.479 e. The van der Waals surface area contributed by atoms with Crippen LogP contribution in [-0.4, -0.2) is 27.9 Å². The molecule has 0 saturated heterocycles. The zero-order chi connectivity index (χ0) is 14.2. The summed E-state index contributed by atoms with van der Waals surface area (Å²) < 4.78 is 0. The van der Waals surface area contributed by atoms with Crippen LogP contribution in [-0.2, 0) is 15.1 Å². The van der Waals surface area contributed by atoms with Crippen LogP contribution in [0, 0.1) is 0 Å². The predicted molar refractivity (Wildman–Crippen MR) is 72.0 cm³/mol. The van der Waals surface area contributed by atoms with Gasteiger partial charge in [0, 0.05) is 23.6 Å². The van der Waals surface area contributed by atoms with Gasteiger partial charge in [-0.25, -0.2) is 4.79 Å². The lowest BCUT2D eigenvalue weighted by atomic mass is 9.89. The Morgan fingerprint density at radius 2 is 1.95 bits per heavy atom. The van der Waals surface area contributed by atoms with Crippen LogP contribution in [0.5, 0.6) is 0 Å². The Balaban J connectivity index is 2.57. The van der Waals surface area contributed by atoms with Crippen LogP contribution in [0.4, 0.5) is 0 Å². The first-order chi connectivity index (χ1) is 8.89. The van der Waals surface area contributed by atoms with E-state index in [-0.39, 0.29) is 11.9 Å². The molecular weight excluding hydrogens is 266 g/mol. The van der Waals surface area contributed by atoms with E-state index in [2.05, 4.69) is 0 Å². The molecule has 0 bridgehead atoms. The summed E-state index contributed by atoms with van der Waals surface area (Å²) in [7, 11) is 0. The molecule has 1 aromatic rings. The van der Waals surface area contributed by atoms with Crippen molar-refractivity contribution in [1.82, 2.24) is 4.90 Å². The molecule has 102 valence electrons. The topological polar surface area (TPSA) is 57.6 Å². The number of carboxylic acids is 1. The second-order valence-electron chi connectivity index (χ2n) is 4.98. The zero-order valence-electron chi connectivity index (χ0n) is 10.9. The van der Waals surface area contributed by atoms with Crippen molar-refractivity contribution in [3.63, 3.8) is 0 Å². The Labute approximate surface area is 117 Å². The van der Waals surface area contributed by atoms with Gasteiger partial charge in [-0.1, -0.05) is 29.8 Å². The number of hydrogen-bond donors (Lipinski definition) is 1. The number of carbonyl (C=O) groups excluding carboxylic acids is 1. The van der Waals surface area contributed by atoms with Gasteiger partial charge in [-0.15, -0.1) is 0 Å². The molecule has 2 rings (SSSR count). The Bertz CT molecular complexity index is 527. The zero-order valence-corrected chi connectivity index (χ0v) is 11.6. The molecule has 1 saturated carbocycles. The number of nitrogens with zero attached hydrogens (tertiary/aromatic N) is 1. The highest BCUT2D eigenvalue weighted by Crippen LogP contribution is 2.41. The molecule has 1 amide bonds. The lowest BCUT2D eigenvalue weighted by molar-refractivity contribution is -0.159. The van der Waals surface area contributed by atoms with Gasteiger partial charge in [-0.3, -0.25) is 4.79 Å². The molecule has 1 aromatic carbocycles. The van der Waals surface area contributed by atoms with Crippen molar-refractivity contribution in [2.75, 3.05) is 0 Å². The molecule has 0 radical (unpaired) electrons. The van der Waals surface area contributed by atoms with Gasteiger partial charge in [-0.05, 0) is 25.8 Å². The van der Waals surface area contributed by atoms with Gasteiger partial charge in [-0.2, -0.15) is 0 Å². The smallest absolute Gasteiger partial charge is 0.334 e. The molecule has 19 heavy (non-hydrogen) atoms. The number of aliphatic carboxylic acids is 1. The second-order valence-corrected chi connectivity index (χ2v) is 5.38. The number of hydrogen-bond acceptors (Lipinski definition) is 2. The fourth-order valence-corrected chi connectivity index (χ4v) is 2.79. The van der Waals surface area contributed by atoms with Gasteiger partial charge in [0.05, 0.1) is 0 Å². The SMILES string of the molecule is CC(=O)N(C1CC1)C(C)(C(=O)O)c1ccccc1Cl. The maximum atomic E-state index is 11.9. The minimum atomic E-state index is -1.43. The molecular formula is C14H16ClNO3. The summed E-state index contributed by atoms with van der Waals surface area (Å²) in [5, 5.41) is 10.0. The molecule has 1 aliphatic carbocycles. The van der Waals surface area contributed by atoms with Gasteiger partial charge < -0.3 is 10.0 Å². The van der Waals surface area contributed by atoms with Crippen molar-refractivity contribution in [2.45, 2.75) is 38.3 Å². The Hall–Kier alpha value is -1.55. The van der Waals surface area contributed by atoms with Crippen molar-refractivity contribution >= 4 is 23.5 Å². The van der Waals surface area contributed by atoms with Crippen molar-refractivity contribution in [2.24, 2.45) is 0 Å². The Kier molecular flexibility index (Phi) is 3.54. The lowest BCUT2D eigenvalue weighted by Crippen LogP contribution is -2.53. The first-order valence-corrected chi connectivity index (χ1v) is 6.55. The van der Waals surface area contributed by atoms with Crippen LogP contribution >= 0.6 is 11.6 Å². The third kappa shape index (κ3) is 2.32. The summed E-state index contributed by atoms with van der Waals surface area (Å²) in [6.45, 7) is 2.94. The standard InChI is InChI=1S/C14H16ClNO3/c1-9(17)16(10-7-8-10)14(2,13(18)19)11-5-3-4-6-12(11)15/h3-6,10H,7-8H2,1-2H3,(H,18,19). The fraction of sp³-hybridized carbons (Fsp3) is 0.429. The number of carbonyl (C=O) groups is 2. The first kappa shape index (κ1) is 13.9.